The summed E-state index contributed by atoms with van der Waals surface area (Å²) in [6.07, 6.45) is 1.74. The zero-order valence-corrected chi connectivity index (χ0v) is 14.0. The minimum atomic E-state index is -1.14. The SMILES string of the molecule is Cc1ncc([C@@](C)(O)c2ccc(Cl)cc2)n1Cc1ccccc1. The molecule has 23 heavy (non-hydrogen) atoms. The van der Waals surface area contributed by atoms with Crippen LogP contribution >= 0.6 is 11.6 Å². The third-order valence-corrected chi connectivity index (χ3v) is 4.40. The van der Waals surface area contributed by atoms with Crippen molar-refractivity contribution in [2.24, 2.45) is 0 Å². The van der Waals surface area contributed by atoms with Crippen LogP contribution in [-0.2, 0) is 12.1 Å². The molecular formula is C19H19ClN2O. The molecule has 0 radical (unpaired) electrons. The fourth-order valence-corrected chi connectivity index (χ4v) is 2.87. The Morgan fingerprint density at radius 1 is 1.09 bits per heavy atom. The molecule has 1 atom stereocenters. The molecule has 0 saturated heterocycles. The summed E-state index contributed by atoms with van der Waals surface area (Å²) in [6.45, 7) is 4.41. The van der Waals surface area contributed by atoms with Gasteiger partial charge in [0.2, 0.25) is 0 Å². The summed E-state index contributed by atoms with van der Waals surface area (Å²) in [4.78, 5) is 4.40. The minimum Gasteiger partial charge on any atom is -0.379 e. The monoisotopic (exact) mass is 326 g/mol. The Morgan fingerprint density at radius 3 is 2.39 bits per heavy atom. The Kier molecular flexibility index (Phi) is 4.24. The summed E-state index contributed by atoms with van der Waals surface area (Å²) in [5.41, 5.74) is 1.58. The molecule has 0 amide bonds. The topological polar surface area (TPSA) is 38.1 Å². The largest absolute Gasteiger partial charge is 0.379 e. The second-order valence-corrected chi connectivity index (χ2v) is 6.28. The van der Waals surface area contributed by atoms with E-state index >= 15 is 0 Å². The normalized spacial score (nSPS) is 13.7. The van der Waals surface area contributed by atoms with E-state index in [-0.39, 0.29) is 0 Å². The van der Waals surface area contributed by atoms with Gasteiger partial charge in [-0.2, -0.15) is 0 Å². The van der Waals surface area contributed by atoms with E-state index in [4.69, 9.17) is 11.6 Å². The molecule has 1 aromatic heterocycles. The van der Waals surface area contributed by atoms with Gasteiger partial charge in [-0.05, 0) is 37.1 Å². The molecule has 0 aliphatic heterocycles. The van der Waals surface area contributed by atoms with Gasteiger partial charge in [-0.1, -0.05) is 54.1 Å². The lowest BCUT2D eigenvalue weighted by Crippen LogP contribution is -2.27. The average molecular weight is 327 g/mol. The first kappa shape index (κ1) is 15.8. The zero-order chi connectivity index (χ0) is 16.4. The number of benzene rings is 2. The molecule has 1 N–H and O–H groups in total. The third kappa shape index (κ3) is 3.16. The molecule has 3 rings (SSSR count). The maximum absolute atomic E-state index is 11.1. The van der Waals surface area contributed by atoms with Crippen LogP contribution in [0.1, 0.15) is 29.6 Å². The van der Waals surface area contributed by atoms with Crippen molar-refractivity contribution in [2.75, 3.05) is 0 Å². The maximum atomic E-state index is 11.1. The summed E-state index contributed by atoms with van der Waals surface area (Å²) in [5.74, 6) is 0.873. The summed E-state index contributed by atoms with van der Waals surface area (Å²) in [6, 6.07) is 17.4. The van der Waals surface area contributed by atoms with Crippen LogP contribution < -0.4 is 0 Å². The number of imidazole rings is 1. The number of aromatic nitrogens is 2. The molecule has 2 aromatic carbocycles. The highest BCUT2D eigenvalue weighted by molar-refractivity contribution is 6.30. The number of aliphatic hydroxyl groups is 1. The molecule has 0 bridgehead atoms. The van der Waals surface area contributed by atoms with Gasteiger partial charge < -0.3 is 9.67 Å². The fourth-order valence-electron chi connectivity index (χ4n) is 2.74. The van der Waals surface area contributed by atoms with Crippen molar-refractivity contribution in [2.45, 2.75) is 26.0 Å². The Labute approximate surface area is 141 Å². The molecule has 0 fully saturated rings. The van der Waals surface area contributed by atoms with Crippen molar-refractivity contribution in [1.29, 1.82) is 0 Å². The highest BCUT2D eigenvalue weighted by Gasteiger charge is 2.30. The van der Waals surface area contributed by atoms with E-state index in [2.05, 4.69) is 17.1 Å². The van der Waals surface area contributed by atoms with Crippen molar-refractivity contribution >= 4 is 11.6 Å². The molecule has 118 valence electrons. The van der Waals surface area contributed by atoms with E-state index in [1.54, 1.807) is 25.3 Å². The summed E-state index contributed by atoms with van der Waals surface area (Å²) >= 11 is 5.95. The summed E-state index contributed by atoms with van der Waals surface area (Å²) in [5, 5.41) is 11.8. The van der Waals surface area contributed by atoms with E-state index < -0.39 is 5.60 Å². The number of nitrogens with zero attached hydrogens (tertiary/aromatic N) is 2. The number of rotatable bonds is 4. The number of halogens is 1. The van der Waals surface area contributed by atoms with Gasteiger partial charge in [-0.25, -0.2) is 4.98 Å². The van der Waals surface area contributed by atoms with Crippen molar-refractivity contribution in [1.82, 2.24) is 9.55 Å². The van der Waals surface area contributed by atoms with Gasteiger partial charge in [-0.15, -0.1) is 0 Å². The number of hydrogen-bond acceptors (Lipinski definition) is 2. The molecule has 0 aliphatic carbocycles. The van der Waals surface area contributed by atoms with E-state index in [0.29, 0.717) is 11.6 Å². The van der Waals surface area contributed by atoms with E-state index in [0.717, 1.165) is 17.1 Å². The molecule has 4 heteroatoms. The molecule has 0 saturated carbocycles. The standard InChI is InChI=1S/C19H19ClN2O/c1-14-21-12-18(22(14)13-15-6-4-3-5-7-15)19(2,23)16-8-10-17(20)11-9-16/h3-12,23H,13H2,1-2H3/t19-/m0/s1. The molecule has 0 unspecified atom stereocenters. The van der Waals surface area contributed by atoms with Gasteiger partial charge in [0, 0.05) is 11.6 Å². The fraction of sp³-hybridized carbons (Fsp3) is 0.211. The van der Waals surface area contributed by atoms with Crippen LogP contribution in [0.4, 0.5) is 0 Å². The van der Waals surface area contributed by atoms with Crippen LogP contribution in [0.2, 0.25) is 5.02 Å². The van der Waals surface area contributed by atoms with Gasteiger partial charge in [-0.3, -0.25) is 0 Å². The minimum absolute atomic E-state index is 0.651. The molecule has 3 nitrogen and oxygen atoms in total. The third-order valence-electron chi connectivity index (χ3n) is 4.14. The summed E-state index contributed by atoms with van der Waals surface area (Å²) < 4.78 is 2.05. The lowest BCUT2D eigenvalue weighted by molar-refractivity contribution is 0.0933. The first-order valence-corrected chi connectivity index (χ1v) is 7.91. The van der Waals surface area contributed by atoms with Crippen LogP contribution in [0.15, 0.2) is 60.8 Å². The highest BCUT2D eigenvalue weighted by Crippen LogP contribution is 2.31. The van der Waals surface area contributed by atoms with Crippen LogP contribution in [0, 0.1) is 6.92 Å². The lowest BCUT2D eigenvalue weighted by Gasteiger charge is -2.26. The van der Waals surface area contributed by atoms with Crippen LogP contribution in [-0.4, -0.2) is 14.7 Å². The van der Waals surface area contributed by atoms with Crippen LogP contribution in [0.25, 0.3) is 0 Å². The number of aryl methyl sites for hydroxylation is 1. The van der Waals surface area contributed by atoms with Crippen molar-refractivity contribution in [3.05, 3.63) is 88.5 Å². The smallest absolute Gasteiger partial charge is 0.128 e. The Morgan fingerprint density at radius 2 is 1.74 bits per heavy atom. The highest BCUT2D eigenvalue weighted by atomic mass is 35.5. The summed E-state index contributed by atoms with van der Waals surface area (Å²) in [7, 11) is 0. The maximum Gasteiger partial charge on any atom is 0.128 e. The van der Waals surface area contributed by atoms with Gasteiger partial charge >= 0.3 is 0 Å². The lowest BCUT2D eigenvalue weighted by atomic mass is 9.92. The van der Waals surface area contributed by atoms with E-state index in [1.165, 1.54) is 5.56 Å². The van der Waals surface area contributed by atoms with Gasteiger partial charge in [0.1, 0.15) is 11.4 Å². The first-order chi connectivity index (χ1) is 11.0. The second kappa shape index (κ2) is 6.19. The van der Waals surface area contributed by atoms with E-state index in [9.17, 15) is 5.11 Å². The molecule has 3 aromatic rings. The van der Waals surface area contributed by atoms with Gasteiger partial charge in [0.15, 0.2) is 0 Å². The molecule has 1 heterocycles. The predicted octanol–water partition coefficient (Wildman–Crippen LogP) is 4.15. The predicted molar refractivity (Wildman–Crippen MR) is 92.6 cm³/mol. The Hall–Kier alpha value is -2.10. The Bertz CT molecular complexity index is 792. The van der Waals surface area contributed by atoms with Crippen LogP contribution in [0.3, 0.4) is 0 Å². The molecular weight excluding hydrogens is 308 g/mol. The second-order valence-electron chi connectivity index (χ2n) is 5.84. The van der Waals surface area contributed by atoms with Crippen molar-refractivity contribution < 1.29 is 5.11 Å². The first-order valence-electron chi connectivity index (χ1n) is 7.53. The Balaban J connectivity index is 2.01. The molecule has 0 aliphatic rings. The zero-order valence-electron chi connectivity index (χ0n) is 13.2. The average Bonchev–Trinajstić information content (AvgIpc) is 2.90. The van der Waals surface area contributed by atoms with Crippen LogP contribution in [0.5, 0.6) is 0 Å². The van der Waals surface area contributed by atoms with Gasteiger partial charge in [0.05, 0.1) is 11.9 Å². The quantitative estimate of drug-likeness (QED) is 0.782. The van der Waals surface area contributed by atoms with Crippen molar-refractivity contribution in [3.8, 4) is 0 Å². The molecule has 0 spiro atoms. The van der Waals surface area contributed by atoms with Crippen molar-refractivity contribution in [3.63, 3.8) is 0 Å². The number of hydrogen-bond donors (Lipinski definition) is 1. The van der Waals surface area contributed by atoms with Gasteiger partial charge in [0.25, 0.3) is 0 Å². The van der Waals surface area contributed by atoms with E-state index in [1.807, 2.05) is 41.8 Å².